The number of carbonyl (C=O) groups is 2. The SMILES string of the molecule is COCC(=O)N1CCN(CCC(=O)N2CCN(c3ccc(F)cc3)CC2)CC1. The lowest BCUT2D eigenvalue weighted by molar-refractivity contribution is -0.137. The summed E-state index contributed by atoms with van der Waals surface area (Å²) in [6.45, 7) is 6.72. The number of nitrogens with zero attached hydrogens (tertiary/aromatic N) is 4. The molecule has 154 valence electrons. The first-order valence-corrected chi connectivity index (χ1v) is 9.84. The van der Waals surface area contributed by atoms with E-state index in [-0.39, 0.29) is 24.2 Å². The average Bonchev–Trinajstić information content (AvgIpc) is 2.73. The lowest BCUT2D eigenvalue weighted by Gasteiger charge is -2.37. The van der Waals surface area contributed by atoms with Crippen molar-refractivity contribution in [2.75, 3.05) is 77.5 Å². The minimum absolute atomic E-state index is 0.0252. The van der Waals surface area contributed by atoms with Gasteiger partial charge in [-0.1, -0.05) is 0 Å². The van der Waals surface area contributed by atoms with Crippen LogP contribution in [0.3, 0.4) is 0 Å². The summed E-state index contributed by atoms with van der Waals surface area (Å²) >= 11 is 0. The Hall–Kier alpha value is -2.19. The second-order valence-electron chi connectivity index (χ2n) is 7.25. The van der Waals surface area contributed by atoms with Crippen LogP contribution in [0.15, 0.2) is 24.3 Å². The minimum Gasteiger partial charge on any atom is -0.375 e. The van der Waals surface area contributed by atoms with Crippen LogP contribution >= 0.6 is 0 Å². The lowest BCUT2D eigenvalue weighted by Crippen LogP contribution is -2.51. The van der Waals surface area contributed by atoms with Crippen LogP contribution < -0.4 is 4.90 Å². The maximum atomic E-state index is 13.1. The van der Waals surface area contributed by atoms with Crippen LogP contribution in [0.4, 0.5) is 10.1 Å². The molecule has 3 rings (SSSR count). The molecule has 28 heavy (non-hydrogen) atoms. The fourth-order valence-electron chi connectivity index (χ4n) is 3.71. The molecule has 2 aliphatic rings. The molecule has 0 bridgehead atoms. The van der Waals surface area contributed by atoms with Crippen LogP contribution in [-0.2, 0) is 14.3 Å². The van der Waals surface area contributed by atoms with Crippen molar-refractivity contribution in [3.8, 4) is 0 Å². The molecule has 2 fully saturated rings. The maximum Gasteiger partial charge on any atom is 0.248 e. The number of hydrogen-bond acceptors (Lipinski definition) is 5. The molecular weight excluding hydrogens is 363 g/mol. The van der Waals surface area contributed by atoms with Crippen LogP contribution in [0.2, 0.25) is 0 Å². The monoisotopic (exact) mass is 392 g/mol. The summed E-state index contributed by atoms with van der Waals surface area (Å²) in [4.78, 5) is 32.5. The zero-order valence-corrected chi connectivity index (χ0v) is 16.5. The van der Waals surface area contributed by atoms with E-state index in [0.29, 0.717) is 32.6 Å². The molecule has 0 atom stereocenters. The summed E-state index contributed by atoms with van der Waals surface area (Å²) in [5, 5.41) is 0. The number of halogens is 1. The summed E-state index contributed by atoms with van der Waals surface area (Å²) in [7, 11) is 1.53. The molecule has 2 heterocycles. The van der Waals surface area contributed by atoms with Crippen LogP contribution in [0.25, 0.3) is 0 Å². The van der Waals surface area contributed by atoms with Crippen LogP contribution in [0, 0.1) is 5.82 Å². The predicted molar refractivity (Wildman–Crippen MR) is 105 cm³/mol. The molecule has 1 aromatic rings. The topological polar surface area (TPSA) is 56.3 Å². The van der Waals surface area contributed by atoms with Gasteiger partial charge in [0.1, 0.15) is 12.4 Å². The van der Waals surface area contributed by atoms with Crippen molar-refractivity contribution in [1.82, 2.24) is 14.7 Å². The third-order valence-corrected chi connectivity index (χ3v) is 5.46. The minimum atomic E-state index is -0.235. The highest BCUT2D eigenvalue weighted by molar-refractivity contribution is 5.77. The molecule has 0 aliphatic carbocycles. The number of anilines is 1. The molecule has 0 saturated carbocycles. The van der Waals surface area contributed by atoms with Gasteiger partial charge in [-0.15, -0.1) is 0 Å². The van der Waals surface area contributed by atoms with E-state index in [2.05, 4.69) is 9.80 Å². The molecule has 0 aromatic heterocycles. The second-order valence-corrected chi connectivity index (χ2v) is 7.25. The Kier molecular flexibility index (Phi) is 7.22. The summed E-state index contributed by atoms with van der Waals surface area (Å²) in [5.74, 6) is -0.0321. The van der Waals surface area contributed by atoms with Gasteiger partial charge in [0.25, 0.3) is 0 Å². The van der Waals surface area contributed by atoms with E-state index < -0.39 is 0 Å². The number of methoxy groups -OCH3 is 1. The highest BCUT2D eigenvalue weighted by Crippen LogP contribution is 2.17. The first kappa shape index (κ1) is 20.5. The van der Waals surface area contributed by atoms with Gasteiger partial charge in [-0.3, -0.25) is 14.5 Å². The van der Waals surface area contributed by atoms with Crippen LogP contribution in [0.1, 0.15) is 6.42 Å². The van der Waals surface area contributed by atoms with Crippen molar-refractivity contribution in [2.45, 2.75) is 6.42 Å². The molecule has 0 unspecified atom stereocenters. The number of rotatable bonds is 6. The summed E-state index contributed by atoms with van der Waals surface area (Å²) in [5.41, 5.74) is 0.995. The Labute approximate surface area is 165 Å². The summed E-state index contributed by atoms with van der Waals surface area (Å²) in [6.07, 6.45) is 0.503. The maximum absolute atomic E-state index is 13.1. The Bertz CT molecular complexity index is 654. The normalized spacial score (nSPS) is 18.4. The van der Waals surface area contributed by atoms with Gasteiger partial charge in [-0.2, -0.15) is 0 Å². The van der Waals surface area contributed by atoms with E-state index in [1.165, 1.54) is 19.2 Å². The van der Waals surface area contributed by atoms with Crippen molar-refractivity contribution in [1.29, 1.82) is 0 Å². The summed E-state index contributed by atoms with van der Waals surface area (Å²) < 4.78 is 18.0. The fourth-order valence-corrected chi connectivity index (χ4v) is 3.71. The molecule has 8 heteroatoms. The number of ether oxygens (including phenoxy) is 1. The number of piperazine rings is 2. The van der Waals surface area contributed by atoms with Crippen LogP contribution in [0.5, 0.6) is 0 Å². The largest absolute Gasteiger partial charge is 0.375 e. The van der Waals surface area contributed by atoms with Crippen molar-refractivity contribution in [3.63, 3.8) is 0 Å². The van der Waals surface area contributed by atoms with Crippen molar-refractivity contribution in [3.05, 3.63) is 30.1 Å². The molecule has 0 spiro atoms. The first-order chi connectivity index (χ1) is 13.6. The van der Waals surface area contributed by atoms with Gasteiger partial charge in [0, 0.05) is 78.1 Å². The molecule has 2 aliphatic heterocycles. The van der Waals surface area contributed by atoms with Crippen molar-refractivity contribution >= 4 is 17.5 Å². The molecule has 0 N–H and O–H groups in total. The van der Waals surface area contributed by atoms with E-state index in [4.69, 9.17) is 4.74 Å². The fraction of sp³-hybridized carbons (Fsp3) is 0.600. The average molecular weight is 392 g/mol. The number of amides is 2. The third-order valence-electron chi connectivity index (χ3n) is 5.46. The first-order valence-electron chi connectivity index (χ1n) is 9.84. The van der Waals surface area contributed by atoms with E-state index in [0.717, 1.165) is 38.4 Å². The molecule has 2 saturated heterocycles. The van der Waals surface area contributed by atoms with Gasteiger partial charge in [-0.25, -0.2) is 4.39 Å². The Morgan fingerprint density at radius 3 is 2.07 bits per heavy atom. The van der Waals surface area contributed by atoms with Gasteiger partial charge in [0.05, 0.1) is 0 Å². The lowest BCUT2D eigenvalue weighted by atomic mass is 10.2. The highest BCUT2D eigenvalue weighted by atomic mass is 19.1. The molecule has 7 nitrogen and oxygen atoms in total. The Balaban J connectivity index is 1.36. The Morgan fingerprint density at radius 2 is 1.46 bits per heavy atom. The quantitative estimate of drug-likeness (QED) is 0.712. The van der Waals surface area contributed by atoms with Gasteiger partial charge >= 0.3 is 0 Å². The Morgan fingerprint density at radius 1 is 0.893 bits per heavy atom. The van der Waals surface area contributed by atoms with Gasteiger partial charge in [0.15, 0.2) is 0 Å². The molecular formula is C20H29FN4O3. The van der Waals surface area contributed by atoms with E-state index in [9.17, 15) is 14.0 Å². The van der Waals surface area contributed by atoms with Crippen LogP contribution in [-0.4, -0.2) is 99.1 Å². The predicted octanol–water partition coefficient (Wildman–Crippen LogP) is 0.655. The number of benzene rings is 1. The van der Waals surface area contributed by atoms with Gasteiger partial charge in [-0.05, 0) is 24.3 Å². The van der Waals surface area contributed by atoms with Gasteiger partial charge < -0.3 is 19.4 Å². The highest BCUT2D eigenvalue weighted by Gasteiger charge is 2.24. The molecule has 2 amide bonds. The second kappa shape index (κ2) is 9.84. The van der Waals surface area contributed by atoms with Gasteiger partial charge in [0.2, 0.25) is 11.8 Å². The molecule has 0 radical (unpaired) electrons. The van der Waals surface area contributed by atoms with Crippen molar-refractivity contribution < 1.29 is 18.7 Å². The third kappa shape index (κ3) is 5.42. The number of carbonyl (C=O) groups excluding carboxylic acids is 2. The zero-order valence-electron chi connectivity index (χ0n) is 16.5. The van der Waals surface area contributed by atoms with Crippen molar-refractivity contribution in [2.24, 2.45) is 0 Å². The standard InChI is InChI=1S/C20H29FN4O3/c1-28-16-20(27)25-10-8-22(9-11-25)7-6-19(26)24-14-12-23(13-15-24)18-4-2-17(21)3-5-18/h2-5H,6-16H2,1H3. The summed E-state index contributed by atoms with van der Waals surface area (Å²) in [6, 6.07) is 6.50. The number of hydrogen-bond donors (Lipinski definition) is 0. The molecule has 1 aromatic carbocycles. The smallest absolute Gasteiger partial charge is 0.248 e. The van der Waals surface area contributed by atoms with E-state index >= 15 is 0 Å². The zero-order chi connectivity index (χ0) is 19.9. The van der Waals surface area contributed by atoms with E-state index in [1.54, 1.807) is 12.1 Å². The van der Waals surface area contributed by atoms with E-state index in [1.807, 2.05) is 9.80 Å².